The average molecular weight is 211 g/mol. The number of quaternary nitrogens is 1. The molecule has 0 aliphatic carbocycles. The van der Waals surface area contributed by atoms with E-state index in [1.807, 2.05) is 6.92 Å². The van der Waals surface area contributed by atoms with Crippen molar-refractivity contribution in [3.05, 3.63) is 0 Å². The molecule has 0 fully saturated rings. The van der Waals surface area contributed by atoms with Crippen LogP contribution in [-0.4, -0.2) is 43.8 Å². The number of nitrogens with zero attached hydrogens (tertiary/aromatic N) is 1. The van der Waals surface area contributed by atoms with Crippen LogP contribution in [0, 0.1) is 0 Å². The summed E-state index contributed by atoms with van der Waals surface area (Å²) in [5.74, 6) is 0. The number of alkyl halides is 1. The number of likely N-dealkylation sites (N-methyl/N-ethyl adjacent to an activating group) is 1. The van der Waals surface area contributed by atoms with E-state index in [9.17, 15) is 0 Å². The maximum absolute atomic E-state index is 5.32. The van der Waals surface area contributed by atoms with E-state index in [0.717, 1.165) is 17.6 Å². The molecule has 0 aromatic heterocycles. The third-order valence-corrected chi connectivity index (χ3v) is 1.59. The van der Waals surface area contributed by atoms with Crippen LogP contribution in [0.1, 0.15) is 6.92 Å². The van der Waals surface area contributed by atoms with Gasteiger partial charge in [-0.3, -0.25) is 0 Å². The minimum Gasteiger partial charge on any atom is -0.361 e. The molecule has 1 atom stereocenters. The summed E-state index contributed by atoms with van der Waals surface area (Å²) in [5.41, 5.74) is 0. The first-order chi connectivity index (χ1) is 4.45. The van der Waals surface area contributed by atoms with Gasteiger partial charge in [0, 0.05) is 6.61 Å². The first-order valence-corrected chi connectivity index (χ1v) is 4.43. The van der Waals surface area contributed by atoms with Crippen molar-refractivity contribution in [2.75, 3.05) is 34.3 Å². The van der Waals surface area contributed by atoms with Gasteiger partial charge >= 0.3 is 0 Å². The van der Waals surface area contributed by atoms with Gasteiger partial charge in [-0.1, -0.05) is 15.9 Å². The standard InChI is InChI=1S/C7H17BrNO/c1-5-10-7(8)6-9(2,3)4/h7H,5-6H2,1-4H3/q+1. The summed E-state index contributed by atoms with van der Waals surface area (Å²) < 4.78 is 6.25. The van der Waals surface area contributed by atoms with Gasteiger partial charge in [-0.15, -0.1) is 0 Å². The SMILES string of the molecule is CCOC(Br)C[N+](C)(C)C. The third kappa shape index (κ3) is 6.52. The largest absolute Gasteiger partial charge is 0.361 e. The van der Waals surface area contributed by atoms with Crippen LogP contribution in [0.5, 0.6) is 0 Å². The molecule has 0 bridgehead atoms. The van der Waals surface area contributed by atoms with E-state index in [0.29, 0.717) is 0 Å². The van der Waals surface area contributed by atoms with E-state index in [-0.39, 0.29) is 5.01 Å². The fraction of sp³-hybridized carbons (Fsp3) is 1.00. The van der Waals surface area contributed by atoms with Crippen molar-refractivity contribution >= 4 is 15.9 Å². The summed E-state index contributed by atoms with van der Waals surface area (Å²) in [6.45, 7) is 3.77. The van der Waals surface area contributed by atoms with Crippen LogP contribution in [0.25, 0.3) is 0 Å². The Morgan fingerprint density at radius 3 is 2.20 bits per heavy atom. The minimum atomic E-state index is 0.192. The second kappa shape index (κ2) is 4.31. The Morgan fingerprint density at radius 1 is 1.40 bits per heavy atom. The van der Waals surface area contributed by atoms with Crippen molar-refractivity contribution in [1.29, 1.82) is 0 Å². The van der Waals surface area contributed by atoms with Crippen molar-refractivity contribution in [1.82, 2.24) is 0 Å². The molecular weight excluding hydrogens is 194 g/mol. The zero-order valence-corrected chi connectivity index (χ0v) is 8.81. The lowest BCUT2D eigenvalue weighted by Crippen LogP contribution is -2.40. The normalized spacial score (nSPS) is 15.3. The van der Waals surface area contributed by atoms with E-state index >= 15 is 0 Å². The highest BCUT2D eigenvalue weighted by atomic mass is 79.9. The molecule has 0 N–H and O–H groups in total. The Hall–Kier alpha value is 0.400. The first kappa shape index (κ1) is 10.4. The van der Waals surface area contributed by atoms with E-state index < -0.39 is 0 Å². The number of hydrogen-bond acceptors (Lipinski definition) is 1. The summed E-state index contributed by atoms with van der Waals surface area (Å²) in [7, 11) is 6.44. The summed E-state index contributed by atoms with van der Waals surface area (Å²) >= 11 is 3.44. The van der Waals surface area contributed by atoms with E-state index in [4.69, 9.17) is 4.74 Å². The molecule has 0 saturated carbocycles. The van der Waals surface area contributed by atoms with Crippen LogP contribution in [0.2, 0.25) is 0 Å². The molecule has 2 nitrogen and oxygen atoms in total. The van der Waals surface area contributed by atoms with E-state index in [1.165, 1.54) is 0 Å². The quantitative estimate of drug-likeness (QED) is 0.505. The Balaban J connectivity index is 3.47. The predicted molar refractivity (Wildman–Crippen MR) is 47.2 cm³/mol. The number of hydrogen-bond donors (Lipinski definition) is 0. The average Bonchev–Trinajstić information content (AvgIpc) is 1.59. The second-order valence-corrected chi connectivity index (χ2v) is 4.36. The Kier molecular flexibility index (Phi) is 4.49. The molecule has 3 heteroatoms. The van der Waals surface area contributed by atoms with Gasteiger partial charge in [0.1, 0.15) is 6.54 Å². The van der Waals surface area contributed by atoms with Gasteiger partial charge < -0.3 is 9.22 Å². The second-order valence-electron chi connectivity index (χ2n) is 3.34. The molecule has 0 saturated heterocycles. The lowest BCUT2D eigenvalue weighted by Gasteiger charge is -2.26. The van der Waals surface area contributed by atoms with Gasteiger partial charge in [-0.2, -0.15) is 0 Å². The molecule has 0 spiro atoms. The van der Waals surface area contributed by atoms with Crippen LogP contribution in [-0.2, 0) is 4.74 Å². The first-order valence-electron chi connectivity index (χ1n) is 3.52. The van der Waals surface area contributed by atoms with Gasteiger partial charge in [0.2, 0.25) is 0 Å². The van der Waals surface area contributed by atoms with Crippen LogP contribution >= 0.6 is 15.9 Å². The summed E-state index contributed by atoms with van der Waals surface area (Å²) in [5, 5.41) is 0.192. The maximum Gasteiger partial charge on any atom is 0.161 e. The third-order valence-electron chi connectivity index (χ3n) is 1.04. The van der Waals surface area contributed by atoms with Crippen molar-refractivity contribution in [3.8, 4) is 0 Å². The zero-order chi connectivity index (χ0) is 8.20. The summed E-state index contributed by atoms with van der Waals surface area (Å²) in [4.78, 5) is 0. The molecule has 0 heterocycles. The van der Waals surface area contributed by atoms with Gasteiger partial charge in [0.05, 0.1) is 21.1 Å². The molecule has 62 valence electrons. The van der Waals surface area contributed by atoms with Gasteiger partial charge in [0.25, 0.3) is 0 Å². The molecule has 0 aliphatic heterocycles. The van der Waals surface area contributed by atoms with Crippen molar-refractivity contribution in [2.45, 2.75) is 11.9 Å². The summed E-state index contributed by atoms with van der Waals surface area (Å²) in [6, 6.07) is 0. The smallest absolute Gasteiger partial charge is 0.161 e. The summed E-state index contributed by atoms with van der Waals surface area (Å²) in [6.07, 6.45) is 0. The van der Waals surface area contributed by atoms with Crippen LogP contribution in [0.4, 0.5) is 0 Å². The molecule has 10 heavy (non-hydrogen) atoms. The molecule has 1 unspecified atom stereocenters. The molecule has 0 rings (SSSR count). The van der Waals surface area contributed by atoms with Gasteiger partial charge in [0.15, 0.2) is 5.01 Å². The van der Waals surface area contributed by atoms with Crippen LogP contribution < -0.4 is 0 Å². The Bertz CT molecular complexity index is 90.1. The monoisotopic (exact) mass is 210 g/mol. The lowest BCUT2D eigenvalue weighted by molar-refractivity contribution is -0.871. The molecule has 0 aliphatic rings. The molecule has 0 amide bonds. The maximum atomic E-state index is 5.32. The predicted octanol–water partition coefficient (Wildman–Crippen LogP) is 1.45. The highest BCUT2D eigenvalue weighted by molar-refractivity contribution is 9.09. The van der Waals surface area contributed by atoms with Gasteiger partial charge in [-0.05, 0) is 6.92 Å². The van der Waals surface area contributed by atoms with Crippen molar-refractivity contribution in [3.63, 3.8) is 0 Å². The minimum absolute atomic E-state index is 0.192. The van der Waals surface area contributed by atoms with Crippen molar-refractivity contribution < 1.29 is 9.22 Å². The number of halogens is 1. The number of rotatable bonds is 4. The topological polar surface area (TPSA) is 9.23 Å². The Morgan fingerprint density at radius 2 is 1.90 bits per heavy atom. The van der Waals surface area contributed by atoms with Crippen LogP contribution in [0.15, 0.2) is 0 Å². The van der Waals surface area contributed by atoms with E-state index in [1.54, 1.807) is 0 Å². The van der Waals surface area contributed by atoms with Crippen LogP contribution in [0.3, 0.4) is 0 Å². The molecular formula is C7H17BrNO+. The molecule has 0 radical (unpaired) electrons. The van der Waals surface area contributed by atoms with Crippen molar-refractivity contribution in [2.24, 2.45) is 0 Å². The fourth-order valence-corrected chi connectivity index (χ4v) is 1.80. The lowest BCUT2D eigenvalue weighted by atomic mass is 10.5. The fourth-order valence-electron chi connectivity index (χ4n) is 0.664. The van der Waals surface area contributed by atoms with E-state index in [2.05, 4.69) is 37.1 Å². The highest BCUT2D eigenvalue weighted by Crippen LogP contribution is 2.05. The van der Waals surface area contributed by atoms with Gasteiger partial charge in [-0.25, -0.2) is 0 Å². The highest BCUT2D eigenvalue weighted by Gasteiger charge is 2.14. The molecule has 0 aromatic rings. The molecule has 0 aromatic carbocycles. The number of ether oxygens (including phenoxy) is 1. The zero-order valence-electron chi connectivity index (χ0n) is 7.22. The Labute approximate surface area is 71.9 Å².